The quantitative estimate of drug-likeness (QED) is 0.671. The lowest BCUT2D eigenvalue weighted by molar-refractivity contribution is -0.138. The molecule has 126 valence electrons. The summed E-state index contributed by atoms with van der Waals surface area (Å²) in [5.41, 5.74) is -2.11. The second kappa shape index (κ2) is 6.97. The number of hydrogen-bond acceptors (Lipinski definition) is 5. The zero-order chi connectivity index (χ0) is 17.9. The molecule has 0 saturated carbocycles. The van der Waals surface area contributed by atoms with Crippen LogP contribution in [0.5, 0.6) is 5.75 Å². The maximum absolute atomic E-state index is 13.2. The van der Waals surface area contributed by atoms with E-state index < -0.39 is 17.3 Å². The minimum atomic E-state index is -4.64. The van der Waals surface area contributed by atoms with E-state index in [0.717, 1.165) is 23.9 Å². The normalized spacial score (nSPS) is 11.2. The van der Waals surface area contributed by atoms with Crippen molar-refractivity contribution in [1.29, 1.82) is 5.26 Å². The predicted molar refractivity (Wildman–Crippen MR) is 83.0 cm³/mol. The van der Waals surface area contributed by atoms with E-state index in [2.05, 4.69) is 9.97 Å². The molecule has 1 aromatic heterocycles. The monoisotopic (exact) mass is 355 g/mol. The van der Waals surface area contributed by atoms with Gasteiger partial charge in [0.2, 0.25) is 0 Å². The summed E-state index contributed by atoms with van der Waals surface area (Å²) in [6.45, 7) is 1.65. The molecule has 5 nitrogen and oxygen atoms in total. The van der Waals surface area contributed by atoms with E-state index in [1.54, 1.807) is 19.2 Å². The van der Waals surface area contributed by atoms with Crippen LogP contribution in [0, 0.1) is 11.3 Å². The van der Waals surface area contributed by atoms with Gasteiger partial charge in [0.1, 0.15) is 17.4 Å². The highest BCUT2D eigenvalue weighted by Crippen LogP contribution is 2.38. The first-order valence-electron chi connectivity index (χ1n) is 6.74. The van der Waals surface area contributed by atoms with Crippen LogP contribution in [-0.2, 0) is 6.18 Å². The molecule has 0 amide bonds. The van der Waals surface area contributed by atoms with Crippen LogP contribution < -0.4 is 10.3 Å². The first kappa shape index (κ1) is 17.9. The number of aromatic nitrogens is 2. The molecule has 0 atom stereocenters. The number of halogens is 3. The number of alkyl halides is 3. The molecule has 0 aliphatic carbocycles. The van der Waals surface area contributed by atoms with Gasteiger partial charge in [-0.15, -0.1) is 0 Å². The minimum absolute atomic E-state index is 0.0173. The van der Waals surface area contributed by atoms with Crippen LogP contribution in [0.3, 0.4) is 0 Å². The molecule has 0 aliphatic rings. The third-order valence-corrected chi connectivity index (χ3v) is 3.64. The van der Waals surface area contributed by atoms with E-state index in [0.29, 0.717) is 0 Å². The Hall–Kier alpha value is -2.47. The lowest BCUT2D eigenvalue weighted by Gasteiger charge is -2.15. The zero-order valence-electron chi connectivity index (χ0n) is 12.7. The smallest absolute Gasteiger partial charge is 0.419 e. The number of H-pyrrole nitrogens is 1. The van der Waals surface area contributed by atoms with Gasteiger partial charge in [-0.25, -0.2) is 4.98 Å². The van der Waals surface area contributed by atoms with Crippen LogP contribution in [0.15, 0.2) is 28.2 Å². The summed E-state index contributed by atoms with van der Waals surface area (Å²) in [6.07, 6.45) is -3.00. The van der Waals surface area contributed by atoms with Gasteiger partial charge >= 0.3 is 6.18 Å². The minimum Gasteiger partial charge on any atom is -0.493 e. The van der Waals surface area contributed by atoms with Crippen molar-refractivity contribution in [2.24, 2.45) is 0 Å². The van der Waals surface area contributed by atoms with E-state index in [1.165, 1.54) is 6.07 Å². The van der Waals surface area contributed by atoms with Crippen LogP contribution in [0.4, 0.5) is 13.2 Å². The summed E-state index contributed by atoms with van der Waals surface area (Å²) < 4.78 is 44.7. The van der Waals surface area contributed by atoms with Gasteiger partial charge in [-0.2, -0.15) is 18.4 Å². The lowest BCUT2D eigenvalue weighted by atomic mass is 10.0. The van der Waals surface area contributed by atoms with E-state index in [-0.39, 0.29) is 34.3 Å². The molecule has 0 unspecified atom stereocenters. The summed E-state index contributed by atoms with van der Waals surface area (Å²) in [4.78, 5) is 18.4. The number of thioether (sulfide) groups is 1. The van der Waals surface area contributed by atoms with Gasteiger partial charge in [0, 0.05) is 5.56 Å². The standard InChI is InChI=1S/C15H12F3N3O2S/c1-3-23-11-5-4-8(6-10(11)15(16,17)18)12-9(7-19)13(22)21-14(20-12)24-2/h4-6H,3H2,1-2H3,(H,20,21,22). The van der Waals surface area contributed by atoms with Gasteiger partial charge in [-0.05, 0) is 31.4 Å². The van der Waals surface area contributed by atoms with Gasteiger partial charge in [0.25, 0.3) is 5.56 Å². The second-order valence-electron chi connectivity index (χ2n) is 4.55. The van der Waals surface area contributed by atoms with Crippen molar-refractivity contribution in [2.45, 2.75) is 18.3 Å². The molecule has 0 radical (unpaired) electrons. The molecule has 0 bridgehead atoms. The highest BCUT2D eigenvalue weighted by molar-refractivity contribution is 7.98. The summed E-state index contributed by atoms with van der Waals surface area (Å²) in [5.74, 6) is -0.317. The van der Waals surface area contributed by atoms with Crippen molar-refractivity contribution in [3.8, 4) is 23.1 Å². The fourth-order valence-corrected chi connectivity index (χ4v) is 2.42. The fourth-order valence-electron chi connectivity index (χ4n) is 2.04. The van der Waals surface area contributed by atoms with Gasteiger partial charge in [0.05, 0.1) is 17.9 Å². The van der Waals surface area contributed by atoms with Crippen molar-refractivity contribution < 1.29 is 17.9 Å². The number of nitrogens with zero attached hydrogens (tertiary/aromatic N) is 2. The maximum atomic E-state index is 13.2. The first-order valence-corrected chi connectivity index (χ1v) is 7.97. The van der Waals surface area contributed by atoms with Gasteiger partial charge < -0.3 is 9.72 Å². The molecular weight excluding hydrogens is 343 g/mol. The van der Waals surface area contributed by atoms with Crippen molar-refractivity contribution in [3.05, 3.63) is 39.7 Å². The van der Waals surface area contributed by atoms with Crippen LogP contribution in [0.2, 0.25) is 0 Å². The van der Waals surface area contributed by atoms with E-state index >= 15 is 0 Å². The molecule has 0 aliphatic heterocycles. The molecule has 1 aromatic carbocycles. The Morgan fingerprint density at radius 1 is 1.42 bits per heavy atom. The Labute approximate surface area is 139 Å². The van der Waals surface area contributed by atoms with Crippen molar-refractivity contribution in [2.75, 3.05) is 12.9 Å². The molecule has 2 rings (SSSR count). The average molecular weight is 355 g/mol. The molecule has 0 spiro atoms. The molecule has 1 heterocycles. The summed E-state index contributed by atoms with van der Waals surface area (Å²) in [5, 5.41) is 9.33. The fraction of sp³-hybridized carbons (Fsp3) is 0.267. The van der Waals surface area contributed by atoms with Crippen molar-refractivity contribution in [1.82, 2.24) is 9.97 Å². The van der Waals surface area contributed by atoms with Gasteiger partial charge in [-0.1, -0.05) is 11.8 Å². The van der Waals surface area contributed by atoms with Gasteiger partial charge in [0.15, 0.2) is 5.16 Å². The summed E-state index contributed by atoms with van der Waals surface area (Å²) in [6, 6.07) is 5.01. The largest absolute Gasteiger partial charge is 0.493 e. The number of rotatable bonds is 4. The predicted octanol–water partition coefficient (Wildman–Crippen LogP) is 3.45. The molecular formula is C15H12F3N3O2S. The molecule has 24 heavy (non-hydrogen) atoms. The van der Waals surface area contributed by atoms with Crippen LogP contribution in [0.1, 0.15) is 18.1 Å². The molecule has 9 heteroatoms. The van der Waals surface area contributed by atoms with Crippen molar-refractivity contribution >= 4 is 11.8 Å². The van der Waals surface area contributed by atoms with Crippen LogP contribution in [0.25, 0.3) is 11.3 Å². The number of benzene rings is 1. The SMILES string of the molecule is CCOc1ccc(-c2nc(SC)[nH]c(=O)c2C#N)cc1C(F)(F)F. The second-order valence-corrected chi connectivity index (χ2v) is 5.35. The summed E-state index contributed by atoms with van der Waals surface area (Å²) in [7, 11) is 0. The number of aromatic amines is 1. The molecule has 2 aromatic rings. The third-order valence-electron chi connectivity index (χ3n) is 3.06. The Balaban J connectivity index is 2.72. The first-order chi connectivity index (χ1) is 11.3. The van der Waals surface area contributed by atoms with Crippen molar-refractivity contribution in [3.63, 3.8) is 0 Å². The number of nitrogens with one attached hydrogen (secondary N) is 1. The maximum Gasteiger partial charge on any atom is 0.419 e. The molecule has 0 fully saturated rings. The van der Waals surface area contributed by atoms with E-state index in [4.69, 9.17) is 10.00 Å². The van der Waals surface area contributed by atoms with Crippen LogP contribution >= 0.6 is 11.8 Å². The third kappa shape index (κ3) is 3.54. The Kier molecular flexibility index (Phi) is 5.19. The Bertz CT molecular complexity index is 857. The number of hydrogen-bond donors (Lipinski definition) is 1. The Morgan fingerprint density at radius 3 is 2.67 bits per heavy atom. The zero-order valence-corrected chi connectivity index (χ0v) is 13.5. The van der Waals surface area contributed by atoms with Gasteiger partial charge in [-0.3, -0.25) is 4.79 Å². The topological polar surface area (TPSA) is 78.8 Å². The molecule has 0 saturated heterocycles. The average Bonchev–Trinajstić information content (AvgIpc) is 2.53. The molecule has 1 N–H and O–H groups in total. The van der Waals surface area contributed by atoms with Crippen LogP contribution in [-0.4, -0.2) is 22.8 Å². The van der Waals surface area contributed by atoms with E-state index in [1.807, 2.05) is 0 Å². The summed E-state index contributed by atoms with van der Waals surface area (Å²) >= 11 is 1.11. The number of ether oxygens (including phenoxy) is 1. The van der Waals surface area contributed by atoms with E-state index in [9.17, 15) is 18.0 Å². The Morgan fingerprint density at radius 2 is 2.12 bits per heavy atom. The number of nitriles is 1. The highest BCUT2D eigenvalue weighted by atomic mass is 32.2. The highest BCUT2D eigenvalue weighted by Gasteiger charge is 2.35. The lowest BCUT2D eigenvalue weighted by Crippen LogP contribution is -2.15.